The molecule has 1 aromatic carbocycles. The number of hydrogen-bond donors (Lipinski definition) is 1. The fraction of sp³-hybridized carbons (Fsp3) is 0.588. The van der Waals surface area contributed by atoms with Gasteiger partial charge in [-0.05, 0) is 36.5 Å². The van der Waals surface area contributed by atoms with Crippen molar-refractivity contribution >= 4 is 17.7 Å². The predicted molar refractivity (Wildman–Crippen MR) is 90.4 cm³/mol. The van der Waals surface area contributed by atoms with Crippen molar-refractivity contribution in [3.63, 3.8) is 0 Å². The van der Waals surface area contributed by atoms with Crippen LogP contribution in [0.1, 0.15) is 19.3 Å². The van der Waals surface area contributed by atoms with Crippen molar-refractivity contribution in [2.75, 3.05) is 31.2 Å². The smallest absolute Gasteiger partial charge is 0.224 e. The molecule has 1 aromatic rings. The summed E-state index contributed by atoms with van der Waals surface area (Å²) in [6, 6.07) is 10.7. The molecule has 2 fully saturated rings. The quantitative estimate of drug-likeness (QED) is 0.872. The highest BCUT2D eigenvalue weighted by atomic mass is 32.2. The molecule has 2 heterocycles. The van der Waals surface area contributed by atoms with Crippen LogP contribution in [0.4, 0.5) is 0 Å². The zero-order valence-electron chi connectivity index (χ0n) is 12.9. The topological polar surface area (TPSA) is 41.6 Å². The summed E-state index contributed by atoms with van der Waals surface area (Å²) in [6.45, 7) is 2.05. The van der Waals surface area contributed by atoms with E-state index < -0.39 is 0 Å². The molecule has 0 bridgehead atoms. The average Bonchev–Trinajstić information content (AvgIpc) is 2.89. The van der Waals surface area contributed by atoms with Gasteiger partial charge in [-0.25, -0.2) is 0 Å². The molecule has 22 heavy (non-hydrogen) atoms. The largest absolute Gasteiger partial charge is 0.492 e. The van der Waals surface area contributed by atoms with Crippen LogP contribution in [-0.2, 0) is 4.79 Å². The zero-order chi connectivity index (χ0) is 15.2. The molecular weight excluding hydrogens is 296 g/mol. The SMILES string of the molecule is O=C1C[C@H](NC2CCSCC2)CN1CCOc1ccccc1. The molecule has 5 heteroatoms. The first-order valence-corrected chi connectivity index (χ1v) is 9.26. The van der Waals surface area contributed by atoms with Gasteiger partial charge >= 0.3 is 0 Å². The first-order valence-electron chi connectivity index (χ1n) is 8.10. The third-order valence-electron chi connectivity index (χ3n) is 4.28. The molecule has 0 radical (unpaired) electrons. The molecule has 2 aliphatic heterocycles. The number of likely N-dealkylation sites (tertiary alicyclic amines) is 1. The van der Waals surface area contributed by atoms with Gasteiger partial charge in [-0.3, -0.25) is 4.79 Å². The second-order valence-corrected chi connectivity index (χ2v) is 7.18. The van der Waals surface area contributed by atoms with Crippen LogP contribution in [0.5, 0.6) is 5.75 Å². The van der Waals surface area contributed by atoms with Gasteiger partial charge in [-0.1, -0.05) is 18.2 Å². The van der Waals surface area contributed by atoms with Crippen molar-refractivity contribution in [2.24, 2.45) is 0 Å². The van der Waals surface area contributed by atoms with Crippen molar-refractivity contribution in [3.05, 3.63) is 30.3 Å². The normalized spacial score (nSPS) is 23.0. The van der Waals surface area contributed by atoms with E-state index in [0.29, 0.717) is 31.7 Å². The molecule has 4 nitrogen and oxygen atoms in total. The van der Waals surface area contributed by atoms with Crippen LogP contribution in [-0.4, -0.2) is 54.1 Å². The van der Waals surface area contributed by atoms with E-state index in [0.717, 1.165) is 12.3 Å². The highest BCUT2D eigenvalue weighted by Gasteiger charge is 2.30. The Balaban J connectivity index is 1.40. The van der Waals surface area contributed by atoms with Crippen molar-refractivity contribution in [3.8, 4) is 5.75 Å². The number of para-hydroxylation sites is 1. The molecule has 2 aliphatic rings. The van der Waals surface area contributed by atoms with Gasteiger partial charge in [0.05, 0.1) is 6.54 Å². The second kappa shape index (κ2) is 7.88. The summed E-state index contributed by atoms with van der Waals surface area (Å²) in [5.41, 5.74) is 0. The third-order valence-corrected chi connectivity index (χ3v) is 5.33. The number of amides is 1. The lowest BCUT2D eigenvalue weighted by Gasteiger charge is -2.26. The fourth-order valence-corrected chi connectivity index (χ4v) is 4.19. The molecule has 1 N–H and O–H groups in total. The molecule has 0 saturated carbocycles. The Bertz CT molecular complexity index is 477. The number of carbonyl (C=O) groups is 1. The molecular formula is C17H24N2O2S. The van der Waals surface area contributed by atoms with Gasteiger partial charge in [-0.2, -0.15) is 11.8 Å². The van der Waals surface area contributed by atoms with E-state index in [1.807, 2.05) is 47.0 Å². The Morgan fingerprint density at radius 3 is 2.73 bits per heavy atom. The van der Waals surface area contributed by atoms with Crippen molar-refractivity contribution in [1.29, 1.82) is 0 Å². The van der Waals surface area contributed by atoms with Crippen LogP contribution in [0.3, 0.4) is 0 Å². The first-order chi connectivity index (χ1) is 10.8. The summed E-state index contributed by atoms with van der Waals surface area (Å²) < 4.78 is 5.68. The minimum Gasteiger partial charge on any atom is -0.492 e. The van der Waals surface area contributed by atoms with Crippen LogP contribution in [0.2, 0.25) is 0 Å². The van der Waals surface area contributed by atoms with Crippen molar-refractivity contribution in [1.82, 2.24) is 10.2 Å². The summed E-state index contributed by atoms with van der Waals surface area (Å²) in [5, 5.41) is 3.67. The van der Waals surface area contributed by atoms with Crippen LogP contribution < -0.4 is 10.1 Å². The van der Waals surface area contributed by atoms with Gasteiger partial charge in [-0.15, -0.1) is 0 Å². The van der Waals surface area contributed by atoms with Crippen LogP contribution in [0.15, 0.2) is 30.3 Å². The molecule has 2 saturated heterocycles. The van der Waals surface area contributed by atoms with Crippen molar-refractivity contribution in [2.45, 2.75) is 31.3 Å². The molecule has 0 aromatic heterocycles. The van der Waals surface area contributed by atoms with Gasteiger partial charge in [0, 0.05) is 25.0 Å². The Kier molecular flexibility index (Phi) is 5.62. The number of thioether (sulfide) groups is 1. The Hall–Kier alpha value is -1.20. The minimum absolute atomic E-state index is 0.249. The lowest BCUT2D eigenvalue weighted by atomic mass is 10.1. The van der Waals surface area contributed by atoms with Gasteiger partial charge in [0.1, 0.15) is 12.4 Å². The van der Waals surface area contributed by atoms with Crippen LogP contribution >= 0.6 is 11.8 Å². The number of nitrogens with one attached hydrogen (secondary N) is 1. The monoisotopic (exact) mass is 320 g/mol. The lowest BCUT2D eigenvalue weighted by Crippen LogP contribution is -2.42. The fourth-order valence-electron chi connectivity index (χ4n) is 3.09. The first kappa shape index (κ1) is 15.7. The molecule has 1 atom stereocenters. The van der Waals surface area contributed by atoms with Gasteiger partial charge in [0.2, 0.25) is 5.91 Å². The summed E-state index contributed by atoms with van der Waals surface area (Å²) in [4.78, 5) is 14.0. The second-order valence-electron chi connectivity index (χ2n) is 5.96. The lowest BCUT2D eigenvalue weighted by molar-refractivity contribution is -0.128. The van der Waals surface area contributed by atoms with Crippen molar-refractivity contribution < 1.29 is 9.53 Å². The Labute approximate surface area is 136 Å². The molecule has 3 rings (SSSR count). The van der Waals surface area contributed by atoms with E-state index in [-0.39, 0.29) is 5.91 Å². The summed E-state index contributed by atoms with van der Waals surface area (Å²) in [5.74, 6) is 3.60. The van der Waals surface area contributed by atoms with E-state index in [2.05, 4.69) is 5.32 Å². The summed E-state index contributed by atoms with van der Waals surface area (Å²) in [6.07, 6.45) is 3.09. The Morgan fingerprint density at radius 2 is 1.95 bits per heavy atom. The highest BCUT2D eigenvalue weighted by Crippen LogP contribution is 2.19. The summed E-state index contributed by atoms with van der Waals surface area (Å²) in [7, 11) is 0. The number of nitrogens with zero attached hydrogens (tertiary/aromatic N) is 1. The van der Waals surface area contributed by atoms with Gasteiger partial charge in [0.15, 0.2) is 0 Å². The van der Waals surface area contributed by atoms with Crippen LogP contribution in [0, 0.1) is 0 Å². The van der Waals surface area contributed by atoms with Gasteiger partial charge in [0.25, 0.3) is 0 Å². The number of carbonyl (C=O) groups excluding carboxylic acids is 1. The number of hydrogen-bond acceptors (Lipinski definition) is 4. The van der Waals surface area contributed by atoms with E-state index in [1.165, 1.54) is 24.3 Å². The van der Waals surface area contributed by atoms with E-state index in [4.69, 9.17) is 4.74 Å². The number of rotatable bonds is 6. The summed E-state index contributed by atoms with van der Waals surface area (Å²) >= 11 is 2.03. The van der Waals surface area contributed by atoms with Crippen LogP contribution in [0.25, 0.3) is 0 Å². The van der Waals surface area contributed by atoms with E-state index >= 15 is 0 Å². The minimum atomic E-state index is 0.249. The average molecular weight is 320 g/mol. The molecule has 0 aliphatic carbocycles. The highest BCUT2D eigenvalue weighted by molar-refractivity contribution is 7.99. The standard InChI is InChI=1S/C17H24N2O2S/c20-17-12-15(18-14-6-10-22-11-7-14)13-19(17)8-9-21-16-4-2-1-3-5-16/h1-5,14-15,18H,6-13H2/t15-/m0/s1. The van der Waals surface area contributed by atoms with Gasteiger partial charge < -0.3 is 15.0 Å². The number of benzene rings is 1. The Morgan fingerprint density at radius 1 is 1.18 bits per heavy atom. The maximum Gasteiger partial charge on any atom is 0.224 e. The molecule has 0 unspecified atom stereocenters. The maximum atomic E-state index is 12.1. The maximum absolute atomic E-state index is 12.1. The predicted octanol–water partition coefficient (Wildman–Crippen LogP) is 2.15. The van der Waals surface area contributed by atoms with E-state index in [1.54, 1.807) is 0 Å². The van der Waals surface area contributed by atoms with E-state index in [9.17, 15) is 4.79 Å². The third kappa shape index (κ3) is 4.40. The molecule has 120 valence electrons. The molecule has 1 amide bonds. The number of ether oxygens (including phenoxy) is 1. The zero-order valence-corrected chi connectivity index (χ0v) is 13.7. The molecule has 0 spiro atoms.